The Morgan fingerprint density at radius 1 is 1.60 bits per heavy atom. The second-order valence-corrected chi connectivity index (χ2v) is 4.03. The molecule has 0 aliphatic heterocycles. The molecule has 0 fully saturated rings. The van der Waals surface area contributed by atoms with Gasteiger partial charge in [0.05, 0.1) is 12.3 Å². The van der Waals surface area contributed by atoms with Crippen LogP contribution in [-0.4, -0.2) is 17.2 Å². The molecule has 1 rings (SSSR count). The van der Waals surface area contributed by atoms with Gasteiger partial charge in [0.15, 0.2) is 6.39 Å². The molecule has 1 heterocycles. The van der Waals surface area contributed by atoms with Gasteiger partial charge in [-0.25, -0.2) is 9.37 Å². The highest BCUT2D eigenvalue weighted by Gasteiger charge is 2.06. The predicted octanol–water partition coefficient (Wildman–Crippen LogP) is 3.31. The van der Waals surface area contributed by atoms with E-state index in [-0.39, 0.29) is 12.4 Å². The summed E-state index contributed by atoms with van der Waals surface area (Å²) in [6.07, 6.45) is 8.91. The Labute approximate surface area is 117 Å². The first-order chi connectivity index (χ1) is 9.58. The largest absolute Gasteiger partial charge is 0.451 e. The average Bonchev–Trinajstić information content (AvgIpc) is 2.94. The van der Waals surface area contributed by atoms with Crippen LogP contribution in [0.4, 0.5) is 4.39 Å². The minimum atomic E-state index is -0.332. The molecule has 20 heavy (non-hydrogen) atoms. The van der Waals surface area contributed by atoms with Crippen molar-refractivity contribution >= 4 is 5.71 Å². The second kappa shape index (κ2) is 7.89. The number of halogens is 1. The fourth-order valence-corrected chi connectivity index (χ4v) is 1.46. The van der Waals surface area contributed by atoms with Crippen LogP contribution in [-0.2, 0) is 0 Å². The van der Waals surface area contributed by atoms with Gasteiger partial charge in [-0.3, -0.25) is 4.99 Å². The average molecular weight is 275 g/mol. The minimum Gasteiger partial charge on any atom is -0.451 e. The molecule has 0 unspecified atom stereocenters. The molecule has 5 heteroatoms. The maximum atomic E-state index is 13.6. The van der Waals surface area contributed by atoms with Crippen LogP contribution in [0.3, 0.4) is 0 Å². The SMILES string of the molecule is C=C/C=C(CN=C(/C=C(/C)N)c1cocn1)\C(F)=C/C. The van der Waals surface area contributed by atoms with E-state index in [0.29, 0.717) is 22.7 Å². The topological polar surface area (TPSA) is 64.4 Å². The van der Waals surface area contributed by atoms with Crippen molar-refractivity contribution < 1.29 is 8.81 Å². The lowest BCUT2D eigenvalue weighted by Crippen LogP contribution is -2.04. The third-order valence-electron chi connectivity index (χ3n) is 2.36. The zero-order valence-corrected chi connectivity index (χ0v) is 11.6. The standard InChI is InChI=1S/C15H18FN3O/c1-4-6-12(13(16)5-2)8-18-14(7-11(3)17)15-9-20-10-19-15/h4-7,9-10H,1,8,17H2,2-3H3/b11-7-,12-6-,13-5+,18-14?. The zero-order chi connectivity index (χ0) is 15.0. The van der Waals surface area contributed by atoms with E-state index < -0.39 is 0 Å². The van der Waals surface area contributed by atoms with E-state index in [4.69, 9.17) is 10.2 Å². The summed E-state index contributed by atoms with van der Waals surface area (Å²) in [4.78, 5) is 8.35. The monoisotopic (exact) mass is 275 g/mol. The van der Waals surface area contributed by atoms with Gasteiger partial charge in [0.25, 0.3) is 0 Å². The van der Waals surface area contributed by atoms with Crippen LogP contribution < -0.4 is 5.73 Å². The summed E-state index contributed by atoms with van der Waals surface area (Å²) in [5.74, 6) is -0.332. The molecule has 1 aromatic rings. The molecule has 0 aromatic carbocycles. The number of aliphatic imine (C=N–C) groups is 1. The first-order valence-corrected chi connectivity index (χ1v) is 6.09. The van der Waals surface area contributed by atoms with E-state index in [9.17, 15) is 4.39 Å². The van der Waals surface area contributed by atoms with Crippen LogP contribution in [0.1, 0.15) is 19.5 Å². The van der Waals surface area contributed by atoms with Gasteiger partial charge in [0.2, 0.25) is 0 Å². The summed E-state index contributed by atoms with van der Waals surface area (Å²) < 4.78 is 18.6. The number of oxazole rings is 1. The maximum absolute atomic E-state index is 13.6. The normalized spacial score (nSPS) is 14.6. The van der Waals surface area contributed by atoms with Crippen LogP contribution in [0.15, 0.2) is 70.0 Å². The molecule has 2 N–H and O–H groups in total. The van der Waals surface area contributed by atoms with Gasteiger partial charge in [0.1, 0.15) is 17.8 Å². The van der Waals surface area contributed by atoms with E-state index in [0.717, 1.165) is 0 Å². The Bertz CT molecular complexity index is 562. The summed E-state index contributed by atoms with van der Waals surface area (Å²) in [6, 6.07) is 0. The van der Waals surface area contributed by atoms with E-state index in [1.165, 1.54) is 24.8 Å². The molecule has 0 radical (unpaired) electrons. The van der Waals surface area contributed by atoms with Crippen LogP contribution >= 0.6 is 0 Å². The third-order valence-corrected chi connectivity index (χ3v) is 2.36. The van der Waals surface area contributed by atoms with Gasteiger partial charge < -0.3 is 10.2 Å². The van der Waals surface area contributed by atoms with E-state index in [1.54, 1.807) is 26.0 Å². The number of allylic oxidation sites excluding steroid dienone is 5. The van der Waals surface area contributed by atoms with Gasteiger partial charge in [-0.2, -0.15) is 0 Å². The van der Waals surface area contributed by atoms with Crippen molar-refractivity contribution in [3.05, 3.63) is 66.3 Å². The van der Waals surface area contributed by atoms with E-state index >= 15 is 0 Å². The summed E-state index contributed by atoms with van der Waals surface area (Å²) in [7, 11) is 0. The van der Waals surface area contributed by atoms with Gasteiger partial charge in [-0.05, 0) is 19.9 Å². The molecule has 0 spiro atoms. The van der Waals surface area contributed by atoms with Crippen molar-refractivity contribution in [2.24, 2.45) is 10.7 Å². The van der Waals surface area contributed by atoms with Crippen LogP contribution in [0.2, 0.25) is 0 Å². The highest BCUT2D eigenvalue weighted by Crippen LogP contribution is 2.13. The number of hydrogen-bond donors (Lipinski definition) is 1. The summed E-state index contributed by atoms with van der Waals surface area (Å²) >= 11 is 0. The Morgan fingerprint density at radius 2 is 2.35 bits per heavy atom. The first-order valence-electron chi connectivity index (χ1n) is 6.09. The van der Waals surface area contributed by atoms with Crippen molar-refractivity contribution in [3.8, 4) is 0 Å². The molecule has 0 saturated carbocycles. The Morgan fingerprint density at radius 3 is 2.85 bits per heavy atom. The Hall–Kier alpha value is -2.43. The summed E-state index contributed by atoms with van der Waals surface area (Å²) in [6.45, 7) is 7.09. The molecule has 0 saturated heterocycles. The Balaban J connectivity index is 3.06. The van der Waals surface area contributed by atoms with E-state index in [2.05, 4.69) is 16.6 Å². The van der Waals surface area contributed by atoms with Gasteiger partial charge >= 0.3 is 0 Å². The van der Waals surface area contributed by atoms with Crippen molar-refractivity contribution in [3.63, 3.8) is 0 Å². The lowest BCUT2D eigenvalue weighted by atomic mass is 10.2. The molecule has 1 aromatic heterocycles. The molecule has 4 nitrogen and oxygen atoms in total. The summed E-state index contributed by atoms with van der Waals surface area (Å²) in [5.41, 5.74) is 7.76. The number of hydrogen-bond acceptors (Lipinski definition) is 4. The minimum absolute atomic E-state index is 0.161. The van der Waals surface area contributed by atoms with Crippen molar-refractivity contribution in [1.29, 1.82) is 0 Å². The maximum Gasteiger partial charge on any atom is 0.181 e. The van der Waals surface area contributed by atoms with Gasteiger partial charge in [-0.15, -0.1) is 0 Å². The second-order valence-electron chi connectivity index (χ2n) is 4.03. The number of rotatable bonds is 6. The molecule has 0 bridgehead atoms. The van der Waals surface area contributed by atoms with Crippen molar-refractivity contribution in [2.75, 3.05) is 6.54 Å². The molecular weight excluding hydrogens is 257 g/mol. The summed E-state index contributed by atoms with van der Waals surface area (Å²) in [5, 5.41) is 0. The number of nitrogens with two attached hydrogens (primary N) is 1. The molecular formula is C15H18FN3O. The van der Waals surface area contributed by atoms with Crippen molar-refractivity contribution in [2.45, 2.75) is 13.8 Å². The fraction of sp³-hybridized carbons (Fsp3) is 0.200. The highest BCUT2D eigenvalue weighted by molar-refractivity contribution is 6.07. The molecule has 0 atom stereocenters. The molecule has 0 amide bonds. The van der Waals surface area contributed by atoms with Crippen LogP contribution in [0, 0.1) is 0 Å². The van der Waals surface area contributed by atoms with Crippen molar-refractivity contribution in [1.82, 2.24) is 4.98 Å². The molecule has 0 aliphatic rings. The highest BCUT2D eigenvalue weighted by atomic mass is 19.1. The van der Waals surface area contributed by atoms with E-state index in [1.807, 2.05) is 0 Å². The van der Waals surface area contributed by atoms with Gasteiger partial charge in [-0.1, -0.05) is 24.8 Å². The fourth-order valence-electron chi connectivity index (χ4n) is 1.46. The first kappa shape index (κ1) is 15.6. The zero-order valence-electron chi connectivity index (χ0n) is 11.6. The van der Waals surface area contributed by atoms with Crippen LogP contribution in [0.25, 0.3) is 0 Å². The van der Waals surface area contributed by atoms with Gasteiger partial charge in [0, 0.05) is 11.3 Å². The number of nitrogens with zero attached hydrogens (tertiary/aromatic N) is 2. The number of aromatic nitrogens is 1. The Kier molecular flexibility index (Phi) is 6.16. The lowest BCUT2D eigenvalue weighted by molar-refractivity contribution is 0.557. The quantitative estimate of drug-likeness (QED) is 0.640. The predicted molar refractivity (Wildman–Crippen MR) is 79.0 cm³/mol. The molecule has 106 valence electrons. The lowest BCUT2D eigenvalue weighted by Gasteiger charge is -2.03. The smallest absolute Gasteiger partial charge is 0.181 e. The third kappa shape index (κ3) is 4.68. The molecule has 0 aliphatic carbocycles. The van der Waals surface area contributed by atoms with Crippen LogP contribution in [0.5, 0.6) is 0 Å².